The second-order valence-electron chi connectivity index (χ2n) is 4.04. The van der Waals surface area contributed by atoms with Gasteiger partial charge in [-0.2, -0.15) is 18.3 Å². The number of nitrogens with one attached hydrogen (secondary N) is 1. The van der Waals surface area contributed by atoms with Crippen LogP contribution in [0.3, 0.4) is 0 Å². The highest BCUT2D eigenvalue weighted by atomic mass is 19.4. The van der Waals surface area contributed by atoms with Crippen molar-refractivity contribution in [2.24, 2.45) is 0 Å². The van der Waals surface area contributed by atoms with E-state index in [0.29, 0.717) is 16.9 Å². The average molecular weight is 271 g/mol. The van der Waals surface area contributed by atoms with Crippen molar-refractivity contribution in [3.05, 3.63) is 29.5 Å². The molecule has 1 heterocycles. The minimum atomic E-state index is -4.53. The molecule has 0 saturated carbocycles. The summed E-state index contributed by atoms with van der Waals surface area (Å²) >= 11 is 0. The zero-order valence-electron chi connectivity index (χ0n) is 10.3. The number of rotatable bonds is 2. The molecule has 2 rings (SSSR count). The van der Waals surface area contributed by atoms with Crippen molar-refractivity contribution in [1.82, 2.24) is 10.2 Å². The highest BCUT2D eigenvalue weighted by Gasteiger charge is 2.37. The van der Waals surface area contributed by atoms with E-state index in [1.54, 1.807) is 19.1 Å². The average Bonchev–Trinajstić information content (AvgIpc) is 2.70. The fraction of sp³-hybridized carbons (Fsp3) is 0.250. The van der Waals surface area contributed by atoms with Gasteiger partial charge in [-0.1, -0.05) is 6.07 Å². The Morgan fingerprint density at radius 2 is 2.00 bits per heavy atom. The molecule has 1 aromatic heterocycles. The van der Waals surface area contributed by atoms with Crippen LogP contribution in [0.1, 0.15) is 11.3 Å². The van der Waals surface area contributed by atoms with Crippen LogP contribution in [0.25, 0.3) is 11.1 Å². The smallest absolute Gasteiger partial charge is 0.433 e. The highest BCUT2D eigenvalue weighted by Crippen LogP contribution is 2.39. The zero-order chi connectivity index (χ0) is 14.2. The summed E-state index contributed by atoms with van der Waals surface area (Å²) < 4.78 is 43.6. The lowest BCUT2D eigenvalue weighted by Gasteiger charge is -2.10. The number of aromatic nitrogens is 2. The molecule has 0 unspecified atom stereocenters. The molecule has 0 saturated heterocycles. The van der Waals surface area contributed by atoms with Crippen molar-refractivity contribution in [2.75, 3.05) is 12.8 Å². The predicted molar refractivity (Wildman–Crippen MR) is 64.7 cm³/mol. The number of nitrogen functional groups attached to an aromatic ring is 1. The van der Waals surface area contributed by atoms with Crippen LogP contribution in [0, 0.1) is 6.92 Å². The van der Waals surface area contributed by atoms with Gasteiger partial charge in [-0.15, -0.1) is 0 Å². The van der Waals surface area contributed by atoms with Crippen LogP contribution >= 0.6 is 0 Å². The van der Waals surface area contributed by atoms with Crippen LogP contribution in [-0.2, 0) is 6.18 Å². The number of ether oxygens (including phenoxy) is 1. The Morgan fingerprint density at radius 3 is 2.53 bits per heavy atom. The van der Waals surface area contributed by atoms with E-state index in [2.05, 4.69) is 5.10 Å². The molecule has 19 heavy (non-hydrogen) atoms. The van der Waals surface area contributed by atoms with Gasteiger partial charge in [-0.05, 0) is 30.2 Å². The number of benzene rings is 1. The van der Waals surface area contributed by atoms with Crippen LogP contribution in [-0.4, -0.2) is 17.3 Å². The Bertz CT molecular complexity index is 605. The number of aryl methyl sites for hydroxylation is 1. The zero-order valence-corrected chi connectivity index (χ0v) is 10.3. The van der Waals surface area contributed by atoms with Gasteiger partial charge in [-0.25, -0.2) is 0 Å². The fourth-order valence-corrected chi connectivity index (χ4v) is 1.89. The van der Waals surface area contributed by atoms with Crippen LogP contribution in [0.2, 0.25) is 0 Å². The van der Waals surface area contributed by atoms with Gasteiger partial charge in [0, 0.05) is 0 Å². The Labute approximate surface area is 107 Å². The maximum atomic E-state index is 12.8. The van der Waals surface area contributed by atoms with E-state index < -0.39 is 11.9 Å². The molecule has 0 atom stereocenters. The van der Waals surface area contributed by atoms with Crippen molar-refractivity contribution in [2.45, 2.75) is 13.1 Å². The molecule has 1 aromatic carbocycles. The van der Waals surface area contributed by atoms with E-state index in [-0.39, 0.29) is 11.4 Å². The molecular weight excluding hydrogens is 259 g/mol. The maximum absolute atomic E-state index is 12.8. The van der Waals surface area contributed by atoms with Crippen LogP contribution in [0.4, 0.5) is 19.0 Å². The summed E-state index contributed by atoms with van der Waals surface area (Å²) in [7, 11) is 1.50. The van der Waals surface area contributed by atoms with E-state index in [0.717, 1.165) is 0 Å². The van der Waals surface area contributed by atoms with E-state index in [1.165, 1.54) is 13.2 Å². The third-order valence-corrected chi connectivity index (χ3v) is 2.76. The predicted octanol–water partition coefficient (Wildman–Crippen LogP) is 2.99. The van der Waals surface area contributed by atoms with Gasteiger partial charge in [0.1, 0.15) is 11.4 Å². The highest BCUT2D eigenvalue weighted by molar-refractivity contribution is 5.77. The van der Waals surface area contributed by atoms with Gasteiger partial charge in [0.15, 0.2) is 5.82 Å². The maximum Gasteiger partial charge on any atom is 0.433 e. The van der Waals surface area contributed by atoms with Gasteiger partial charge < -0.3 is 10.5 Å². The van der Waals surface area contributed by atoms with Crippen LogP contribution in [0.15, 0.2) is 18.2 Å². The quantitative estimate of drug-likeness (QED) is 0.882. The summed E-state index contributed by atoms with van der Waals surface area (Å²) in [5.74, 6) is 0.413. The van der Waals surface area contributed by atoms with Crippen molar-refractivity contribution >= 4 is 5.82 Å². The lowest BCUT2D eigenvalue weighted by Crippen LogP contribution is -2.07. The van der Waals surface area contributed by atoms with Gasteiger partial charge >= 0.3 is 6.18 Å². The Morgan fingerprint density at radius 1 is 1.32 bits per heavy atom. The minimum Gasteiger partial charge on any atom is -0.496 e. The number of methoxy groups -OCH3 is 1. The number of aromatic amines is 1. The molecule has 0 fully saturated rings. The number of alkyl halides is 3. The van der Waals surface area contributed by atoms with Crippen molar-refractivity contribution in [3.63, 3.8) is 0 Å². The summed E-state index contributed by atoms with van der Waals surface area (Å²) in [5.41, 5.74) is 5.49. The summed E-state index contributed by atoms with van der Waals surface area (Å²) in [6.45, 7) is 1.74. The summed E-state index contributed by atoms with van der Waals surface area (Å²) in [6, 6.07) is 4.69. The third-order valence-electron chi connectivity index (χ3n) is 2.76. The summed E-state index contributed by atoms with van der Waals surface area (Å²) in [4.78, 5) is 0. The minimum absolute atomic E-state index is 0.141. The first-order valence-electron chi connectivity index (χ1n) is 5.40. The second kappa shape index (κ2) is 4.49. The molecule has 0 bridgehead atoms. The first kappa shape index (κ1) is 13.3. The first-order valence-corrected chi connectivity index (χ1v) is 5.40. The Balaban J connectivity index is 2.59. The molecule has 3 N–H and O–H groups in total. The molecule has 2 aromatic rings. The van der Waals surface area contributed by atoms with E-state index in [9.17, 15) is 13.2 Å². The Kier molecular flexibility index (Phi) is 3.13. The van der Waals surface area contributed by atoms with Gasteiger partial charge in [-0.3, -0.25) is 5.10 Å². The van der Waals surface area contributed by atoms with E-state index in [1.807, 2.05) is 5.10 Å². The SMILES string of the molecule is COc1ccc(-c2c(N)n[nH]c2C(F)(F)F)cc1C. The lowest BCUT2D eigenvalue weighted by molar-refractivity contribution is -0.140. The molecule has 0 aliphatic carbocycles. The molecule has 7 heteroatoms. The van der Waals surface area contributed by atoms with E-state index in [4.69, 9.17) is 10.5 Å². The summed E-state index contributed by atoms with van der Waals surface area (Å²) in [5, 5.41) is 5.36. The first-order chi connectivity index (χ1) is 8.84. The number of H-pyrrole nitrogens is 1. The number of hydrogen-bond donors (Lipinski definition) is 2. The number of nitrogens with two attached hydrogens (primary N) is 1. The number of halogens is 3. The van der Waals surface area contributed by atoms with Gasteiger partial charge in [0.05, 0.1) is 12.7 Å². The standard InChI is InChI=1S/C12H12F3N3O/c1-6-5-7(3-4-8(6)19-2)9-10(12(13,14)15)17-18-11(9)16/h3-5H,1-2H3,(H3,16,17,18). The molecule has 0 spiro atoms. The molecule has 0 aliphatic rings. The van der Waals surface area contributed by atoms with E-state index >= 15 is 0 Å². The molecule has 0 amide bonds. The monoisotopic (exact) mass is 271 g/mol. The van der Waals surface area contributed by atoms with Gasteiger partial charge in [0.25, 0.3) is 0 Å². The topological polar surface area (TPSA) is 63.9 Å². The normalized spacial score (nSPS) is 11.6. The van der Waals surface area contributed by atoms with Crippen molar-refractivity contribution in [1.29, 1.82) is 0 Å². The molecular formula is C12H12F3N3O. The molecule has 0 aliphatic heterocycles. The number of nitrogens with zero attached hydrogens (tertiary/aromatic N) is 1. The molecule has 4 nitrogen and oxygen atoms in total. The van der Waals surface area contributed by atoms with Crippen molar-refractivity contribution in [3.8, 4) is 16.9 Å². The van der Waals surface area contributed by atoms with Crippen LogP contribution < -0.4 is 10.5 Å². The fourth-order valence-electron chi connectivity index (χ4n) is 1.89. The number of anilines is 1. The van der Waals surface area contributed by atoms with Gasteiger partial charge in [0.2, 0.25) is 0 Å². The Hall–Kier alpha value is -2.18. The number of hydrogen-bond acceptors (Lipinski definition) is 3. The second-order valence-corrected chi connectivity index (χ2v) is 4.04. The summed E-state index contributed by atoms with van der Waals surface area (Å²) in [6.07, 6.45) is -4.53. The third kappa shape index (κ3) is 2.35. The lowest BCUT2D eigenvalue weighted by atomic mass is 10.0. The molecule has 102 valence electrons. The molecule has 0 radical (unpaired) electrons. The van der Waals surface area contributed by atoms with Crippen molar-refractivity contribution < 1.29 is 17.9 Å². The largest absolute Gasteiger partial charge is 0.496 e. The van der Waals surface area contributed by atoms with Crippen LogP contribution in [0.5, 0.6) is 5.75 Å².